The number of halogens is 1. The van der Waals surface area contributed by atoms with Crippen molar-refractivity contribution >= 4 is 40.9 Å². The summed E-state index contributed by atoms with van der Waals surface area (Å²) in [5.41, 5.74) is 4.33. The molecule has 2 aliphatic heterocycles. The first-order valence-electron chi connectivity index (χ1n) is 14.7. The summed E-state index contributed by atoms with van der Waals surface area (Å²) in [7, 11) is 0. The van der Waals surface area contributed by atoms with Crippen LogP contribution >= 0.6 is 11.6 Å². The Labute approximate surface area is 247 Å². The van der Waals surface area contributed by atoms with Gasteiger partial charge in [0.1, 0.15) is 6.04 Å². The predicted octanol–water partition coefficient (Wildman–Crippen LogP) is 4.72. The summed E-state index contributed by atoms with van der Waals surface area (Å²) in [6.07, 6.45) is 10.7. The fraction of sp³-hybridized carbons (Fsp3) is 0.419. The molecule has 4 aliphatic rings. The predicted molar refractivity (Wildman–Crippen MR) is 155 cm³/mol. The molecule has 3 aromatic rings. The highest BCUT2D eigenvalue weighted by Gasteiger charge is 2.44. The highest BCUT2D eigenvalue weighted by atomic mass is 35.5. The molecular formula is C31H31ClN6O4. The molecular weight excluding hydrogens is 556 g/mol. The molecule has 4 heterocycles. The zero-order valence-electron chi connectivity index (χ0n) is 23.0. The van der Waals surface area contributed by atoms with Crippen molar-refractivity contribution in [3.8, 4) is 11.3 Å². The van der Waals surface area contributed by atoms with E-state index in [1.165, 1.54) is 12.8 Å². The van der Waals surface area contributed by atoms with Gasteiger partial charge in [0.05, 0.1) is 33.6 Å². The minimum absolute atomic E-state index is 0.100. The molecule has 2 aromatic heterocycles. The summed E-state index contributed by atoms with van der Waals surface area (Å²) >= 11 is 6.46. The van der Waals surface area contributed by atoms with E-state index in [0.717, 1.165) is 59.8 Å². The second-order valence-corrected chi connectivity index (χ2v) is 12.2. The zero-order chi connectivity index (χ0) is 29.0. The van der Waals surface area contributed by atoms with Crippen LogP contribution in [0.25, 0.3) is 11.3 Å². The SMILES string of the molecule is O=C1CCC(N2C(=O)c3ccc(NCCCC4CC(n5cc(-c6ncccc6Cl)c(C6CC6)n5)C4)cc3C2=O)C(=O)N1. The van der Waals surface area contributed by atoms with Crippen LogP contribution in [-0.2, 0) is 9.59 Å². The van der Waals surface area contributed by atoms with E-state index >= 15 is 0 Å². The lowest BCUT2D eigenvalue weighted by Gasteiger charge is -2.35. The number of pyridine rings is 1. The normalized spacial score (nSPS) is 23.5. The standard InChI is InChI=1S/C31H31ClN6O4/c32-24-4-2-12-34-28(24)23-16-37(36-27(23)18-5-6-18)20-13-17(14-20)3-1-11-33-19-7-8-21-22(15-19)31(42)38(30(21)41)25-9-10-26(39)35-29(25)40/h2,4,7-8,12,15-18,20,25,33H,1,3,5-6,9-11,13-14H2,(H,35,39,40). The van der Waals surface area contributed by atoms with Gasteiger partial charge in [-0.2, -0.15) is 5.10 Å². The number of fused-ring (bicyclic) bond motifs is 1. The highest BCUT2D eigenvalue weighted by molar-refractivity contribution is 6.33. The number of amides is 4. The van der Waals surface area contributed by atoms with Gasteiger partial charge in [-0.15, -0.1) is 0 Å². The number of hydrogen-bond donors (Lipinski definition) is 2. The number of carbonyl (C=O) groups excluding carboxylic acids is 4. The molecule has 0 radical (unpaired) electrons. The van der Waals surface area contributed by atoms with Gasteiger partial charge in [-0.05, 0) is 81.2 Å². The molecule has 11 heteroatoms. The molecule has 3 fully saturated rings. The Kier molecular flexibility index (Phi) is 6.80. The van der Waals surface area contributed by atoms with Crippen molar-refractivity contribution in [2.75, 3.05) is 11.9 Å². The first kappa shape index (κ1) is 26.8. The van der Waals surface area contributed by atoms with Crippen LogP contribution in [-0.4, -0.2) is 55.9 Å². The van der Waals surface area contributed by atoms with Crippen LogP contribution < -0.4 is 10.6 Å². The molecule has 4 amide bonds. The van der Waals surface area contributed by atoms with Gasteiger partial charge in [0.15, 0.2) is 0 Å². The van der Waals surface area contributed by atoms with Crippen molar-refractivity contribution in [1.82, 2.24) is 25.0 Å². The van der Waals surface area contributed by atoms with Crippen LogP contribution in [0, 0.1) is 5.92 Å². The lowest BCUT2D eigenvalue weighted by atomic mass is 9.77. The van der Waals surface area contributed by atoms with Crippen LogP contribution in [0.3, 0.4) is 0 Å². The van der Waals surface area contributed by atoms with Gasteiger partial charge < -0.3 is 5.32 Å². The maximum atomic E-state index is 13.1. The Balaban J connectivity index is 0.913. The van der Waals surface area contributed by atoms with E-state index in [0.29, 0.717) is 22.9 Å². The second-order valence-electron chi connectivity index (χ2n) is 11.8. The third-order valence-electron chi connectivity index (χ3n) is 8.88. The molecule has 0 bridgehead atoms. The molecule has 2 aliphatic carbocycles. The third-order valence-corrected chi connectivity index (χ3v) is 9.19. The minimum atomic E-state index is -0.959. The Bertz CT molecular complexity index is 1610. The first-order valence-corrected chi connectivity index (χ1v) is 15.0. The molecule has 1 aromatic carbocycles. The summed E-state index contributed by atoms with van der Waals surface area (Å²) in [4.78, 5) is 55.2. The van der Waals surface area contributed by atoms with E-state index in [-0.39, 0.29) is 29.9 Å². The summed E-state index contributed by atoms with van der Waals surface area (Å²) in [6.45, 7) is 0.745. The van der Waals surface area contributed by atoms with Crippen LogP contribution in [0.5, 0.6) is 0 Å². The molecule has 0 spiro atoms. The number of benzene rings is 1. The average Bonchev–Trinajstić information content (AvgIpc) is 3.66. The summed E-state index contributed by atoms with van der Waals surface area (Å²) in [5, 5.41) is 11.2. The Morgan fingerprint density at radius 1 is 1.00 bits per heavy atom. The van der Waals surface area contributed by atoms with Gasteiger partial charge in [0.25, 0.3) is 11.8 Å². The smallest absolute Gasteiger partial charge is 0.262 e. The van der Waals surface area contributed by atoms with Crippen molar-refractivity contribution in [1.29, 1.82) is 0 Å². The van der Waals surface area contributed by atoms with Gasteiger partial charge in [0, 0.05) is 42.5 Å². The average molecular weight is 587 g/mol. The van der Waals surface area contributed by atoms with Gasteiger partial charge in [-0.3, -0.25) is 39.1 Å². The minimum Gasteiger partial charge on any atom is -0.385 e. The van der Waals surface area contributed by atoms with E-state index in [9.17, 15) is 19.2 Å². The van der Waals surface area contributed by atoms with Crippen LogP contribution in [0.1, 0.15) is 89.7 Å². The number of nitrogens with one attached hydrogen (secondary N) is 2. The first-order chi connectivity index (χ1) is 20.4. The largest absolute Gasteiger partial charge is 0.385 e. The number of aromatic nitrogens is 3. The molecule has 2 N–H and O–H groups in total. The zero-order valence-corrected chi connectivity index (χ0v) is 23.8. The number of anilines is 1. The van der Waals surface area contributed by atoms with Gasteiger partial charge in [-0.25, -0.2) is 0 Å². The second kappa shape index (κ2) is 10.7. The quantitative estimate of drug-likeness (QED) is 0.274. The Morgan fingerprint density at radius 2 is 1.81 bits per heavy atom. The third kappa shape index (κ3) is 4.87. The monoisotopic (exact) mass is 586 g/mol. The maximum Gasteiger partial charge on any atom is 0.262 e. The summed E-state index contributed by atoms with van der Waals surface area (Å²) < 4.78 is 2.13. The molecule has 216 valence electrons. The Hall–Kier alpha value is -4.05. The van der Waals surface area contributed by atoms with Crippen LogP contribution in [0.2, 0.25) is 5.02 Å². The maximum absolute atomic E-state index is 13.1. The lowest BCUT2D eigenvalue weighted by Crippen LogP contribution is -2.54. The topological polar surface area (TPSA) is 126 Å². The van der Waals surface area contributed by atoms with E-state index in [1.807, 2.05) is 12.1 Å². The fourth-order valence-electron chi connectivity index (χ4n) is 6.37. The van der Waals surface area contributed by atoms with E-state index in [1.54, 1.807) is 24.4 Å². The number of carbonyl (C=O) groups is 4. The van der Waals surface area contributed by atoms with Crippen LogP contribution in [0.15, 0.2) is 42.7 Å². The number of nitrogens with zero attached hydrogens (tertiary/aromatic N) is 4. The number of imide groups is 2. The number of piperidine rings is 1. The molecule has 1 unspecified atom stereocenters. The van der Waals surface area contributed by atoms with Gasteiger partial charge in [-0.1, -0.05) is 11.6 Å². The summed E-state index contributed by atoms with van der Waals surface area (Å²) in [6, 6.07) is 8.26. The van der Waals surface area contributed by atoms with E-state index in [4.69, 9.17) is 16.7 Å². The molecule has 42 heavy (non-hydrogen) atoms. The Morgan fingerprint density at radius 3 is 2.57 bits per heavy atom. The van der Waals surface area contributed by atoms with Crippen molar-refractivity contribution < 1.29 is 19.2 Å². The fourth-order valence-corrected chi connectivity index (χ4v) is 6.60. The van der Waals surface area contributed by atoms with Crippen molar-refractivity contribution in [3.05, 3.63) is 64.6 Å². The van der Waals surface area contributed by atoms with E-state index < -0.39 is 23.8 Å². The molecule has 1 atom stereocenters. The van der Waals surface area contributed by atoms with Crippen molar-refractivity contribution in [3.63, 3.8) is 0 Å². The summed E-state index contributed by atoms with van der Waals surface area (Å²) in [5.74, 6) is -0.840. The van der Waals surface area contributed by atoms with Crippen molar-refractivity contribution in [2.45, 2.75) is 69.4 Å². The van der Waals surface area contributed by atoms with Gasteiger partial charge >= 0.3 is 0 Å². The molecule has 10 nitrogen and oxygen atoms in total. The molecule has 1 saturated heterocycles. The van der Waals surface area contributed by atoms with E-state index in [2.05, 4.69) is 26.5 Å². The van der Waals surface area contributed by atoms with Gasteiger partial charge in [0.2, 0.25) is 11.8 Å². The molecule has 7 rings (SSSR count). The van der Waals surface area contributed by atoms with Crippen LogP contribution in [0.4, 0.5) is 5.69 Å². The number of hydrogen-bond acceptors (Lipinski definition) is 7. The number of rotatable bonds is 9. The lowest BCUT2D eigenvalue weighted by molar-refractivity contribution is -0.136. The molecule has 2 saturated carbocycles. The highest BCUT2D eigenvalue weighted by Crippen LogP contribution is 2.47. The van der Waals surface area contributed by atoms with Crippen molar-refractivity contribution in [2.24, 2.45) is 5.92 Å².